The number of esters is 1. The zero-order chi connectivity index (χ0) is 15.0. The van der Waals surface area contributed by atoms with Crippen LogP contribution in [0.15, 0.2) is 24.3 Å². The molecule has 3 nitrogen and oxygen atoms in total. The molecule has 1 aromatic carbocycles. The van der Waals surface area contributed by atoms with E-state index in [1.54, 1.807) is 13.0 Å². The van der Waals surface area contributed by atoms with Crippen molar-refractivity contribution in [1.82, 2.24) is 0 Å². The molecule has 5 heteroatoms. The summed E-state index contributed by atoms with van der Waals surface area (Å²) < 4.78 is 18.2. The number of halogens is 1. The number of benzene rings is 1. The van der Waals surface area contributed by atoms with E-state index in [1.807, 2.05) is 6.08 Å². The lowest BCUT2D eigenvalue weighted by molar-refractivity contribution is -0.109. The van der Waals surface area contributed by atoms with Gasteiger partial charge in [-0.1, -0.05) is 23.9 Å². The second-order valence-corrected chi connectivity index (χ2v) is 5.25. The molecule has 0 saturated carbocycles. The third-order valence-corrected chi connectivity index (χ3v) is 3.24. The van der Waals surface area contributed by atoms with Crippen molar-refractivity contribution in [3.63, 3.8) is 0 Å². The maximum atomic E-state index is 13.2. The maximum Gasteiger partial charge on any atom is 0.338 e. The predicted molar refractivity (Wildman–Crippen MR) is 79.1 cm³/mol. The summed E-state index contributed by atoms with van der Waals surface area (Å²) in [7, 11) is 0. The summed E-state index contributed by atoms with van der Waals surface area (Å²) in [6.45, 7) is 3.50. The van der Waals surface area contributed by atoms with E-state index in [4.69, 9.17) is 4.74 Å². The quantitative estimate of drug-likeness (QED) is 0.593. The molecule has 1 rings (SSSR count). The molecule has 0 aliphatic rings. The minimum atomic E-state index is -0.467. The Morgan fingerprint density at radius 2 is 2.15 bits per heavy atom. The second-order valence-electron chi connectivity index (χ2n) is 3.98. The minimum absolute atomic E-state index is 0.0661. The molecule has 0 atom stereocenters. The molecule has 0 heterocycles. The predicted octanol–water partition coefficient (Wildman–Crippen LogP) is 3.69. The van der Waals surface area contributed by atoms with Crippen LogP contribution in [0.25, 0.3) is 6.08 Å². The van der Waals surface area contributed by atoms with Crippen molar-refractivity contribution < 1.29 is 18.7 Å². The number of carbonyl (C=O) groups is 2. The SMILES string of the molecule is CCOC(=O)c1ccc(F)cc1C=CCCSC(C)=O. The first-order valence-electron chi connectivity index (χ1n) is 6.31. The van der Waals surface area contributed by atoms with Crippen molar-refractivity contribution in [2.24, 2.45) is 0 Å². The molecule has 20 heavy (non-hydrogen) atoms. The molecule has 0 aromatic heterocycles. The molecule has 0 amide bonds. The standard InChI is InChI=1S/C15H17FO3S/c1-3-19-15(18)14-8-7-13(16)10-12(14)6-4-5-9-20-11(2)17/h4,6-8,10H,3,5,9H2,1-2H3. The highest BCUT2D eigenvalue weighted by Crippen LogP contribution is 2.15. The first-order valence-corrected chi connectivity index (χ1v) is 7.29. The zero-order valence-electron chi connectivity index (χ0n) is 11.5. The summed E-state index contributed by atoms with van der Waals surface area (Å²) in [6, 6.07) is 3.94. The van der Waals surface area contributed by atoms with Crippen molar-refractivity contribution in [3.05, 3.63) is 41.2 Å². The number of carbonyl (C=O) groups excluding carboxylic acids is 2. The van der Waals surface area contributed by atoms with Gasteiger partial charge in [0, 0.05) is 12.7 Å². The number of hydrogen-bond donors (Lipinski definition) is 0. The number of ether oxygens (including phenoxy) is 1. The van der Waals surface area contributed by atoms with Crippen LogP contribution in [0.5, 0.6) is 0 Å². The number of hydrogen-bond acceptors (Lipinski definition) is 4. The molecule has 108 valence electrons. The Hall–Kier alpha value is -1.62. The van der Waals surface area contributed by atoms with E-state index in [2.05, 4.69) is 0 Å². The summed E-state index contributed by atoms with van der Waals surface area (Å²) >= 11 is 1.23. The Kier molecular flexibility index (Phi) is 7.01. The second kappa shape index (κ2) is 8.53. The fraction of sp³-hybridized carbons (Fsp3) is 0.333. The van der Waals surface area contributed by atoms with Gasteiger partial charge in [-0.25, -0.2) is 9.18 Å². The highest BCUT2D eigenvalue weighted by atomic mass is 32.2. The van der Waals surface area contributed by atoms with Crippen LogP contribution < -0.4 is 0 Å². The fourth-order valence-corrected chi connectivity index (χ4v) is 2.09. The molecule has 0 spiro atoms. The van der Waals surface area contributed by atoms with Crippen LogP contribution in [0.1, 0.15) is 36.2 Å². The number of thioether (sulfide) groups is 1. The van der Waals surface area contributed by atoms with Gasteiger partial charge in [0.25, 0.3) is 0 Å². The van der Waals surface area contributed by atoms with Gasteiger partial charge in [0.1, 0.15) is 5.82 Å². The summed E-state index contributed by atoms with van der Waals surface area (Å²) in [5, 5.41) is 0.0661. The van der Waals surface area contributed by atoms with Crippen LogP contribution in [-0.4, -0.2) is 23.4 Å². The lowest BCUT2D eigenvalue weighted by Gasteiger charge is -2.05. The van der Waals surface area contributed by atoms with Crippen LogP contribution in [0.3, 0.4) is 0 Å². The monoisotopic (exact) mass is 296 g/mol. The van der Waals surface area contributed by atoms with E-state index in [9.17, 15) is 14.0 Å². The van der Waals surface area contributed by atoms with Crippen molar-refractivity contribution in [3.8, 4) is 0 Å². The van der Waals surface area contributed by atoms with Crippen molar-refractivity contribution in [2.45, 2.75) is 20.3 Å². The smallest absolute Gasteiger partial charge is 0.338 e. The van der Waals surface area contributed by atoms with Crippen LogP contribution >= 0.6 is 11.8 Å². The van der Waals surface area contributed by atoms with Crippen molar-refractivity contribution in [1.29, 1.82) is 0 Å². The van der Waals surface area contributed by atoms with Gasteiger partial charge in [0.2, 0.25) is 0 Å². The Morgan fingerprint density at radius 3 is 2.80 bits per heavy atom. The van der Waals surface area contributed by atoms with Gasteiger partial charge in [0.05, 0.1) is 12.2 Å². The third kappa shape index (κ3) is 5.57. The average molecular weight is 296 g/mol. The molecule has 0 saturated heterocycles. The largest absolute Gasteiger partial charge is 0.462 e. The molecular formula is C15H17FO3S. The van der Waals surface area contributed by atoms with Crippen LogP contribution in [0, 0.1) is 5.82 Å². The van der Waals surface area contributed by atoms with Crippen LogP contribution in [0.2, 0.25) is 0 Å². The summed E-state index contributed by atoms with van der Waals surface area (Å²) in [6.07, 6.45) is 4.16. The van der Waals surface area contributed by atoms with E-state index in [1.165, 1.54) is 36.9 Å². The molecule has 0 unspecified atom stereocenters. The highest BCUT2D eigenvalue weighted by molar-refractivity contribution is 8.13. The highest BCUT2D eigenvalue weighted by Gasteiger charge is 2.11. The van der Waals surface area contributed by atoms with Crippen LogP contribution in [-0.2, 0) is 9.53 Å². The molecule has 1 aromatic rings. The van der Waals surface area contributed by atoms with Gasteiger partial charge in [-0.3, -0.25) is 4.79 Å². The van der Waals surface area contributed by atoms with E-state index in [0.717, 1.165) is 0 Å². The van der Waals surface area contributed by atoms with Gasteiger partial charge >= 0.3 is 5.97 Å². The third-order valence-electron chi connectivity index (χ3n) is 2.40. The van der Waals surface area contributed by atoms with Gasteiger partial charge in [0.15, 0.2) is 5.12 Å². The first-order chi connectivity index (χ1) is 9.54. The number of rotatable bonds is 6. The molecule has 0 fully saturated rings. The van der Waals surface area contributed by atoms with Gasteiger partial charge < -0.3 is 4.74 Å². The lowest BCUT2D eigenvalue weighted by Crippen LogP contribution is -2.06. The normalized spacial score (nSPS) is 10.8. The lowest BCUT2D eigenvalue weighted by atomic mass is 10.1. The fourth-order valence-electron chi connectivity index (χ4n) is 1.55. The Balaban J connectivity index is 2.76. The molecule has 0 aliphatic heterocycles. The van der Waals surface area contributed by atoms with Gasteiger partial charge in [-0.15, -0.1) is 0 Å². The van der Waals surface area contributed by atoms with Gasteiger partial charge in [-0.2, -0.15) is 0 Å². The molecule has 0 aliphatic carbocycles. The summed E-state index contributed by atoms with van der Waals surface area (Å²) in [5.74, 6) is -0.211. The minimum Gasteiger partial charge on any atom is -0.462 e. The zero-order valence-corrected chi connectivity index (χ0v) is 12.3. The van der Waals surface area contributed by atoms with E-state index < -0.39 is 11.8 Å². The number of allylic oxidation sites excluding steroid dienone is 1. The first kappa shape index (κ1) is 16.4. The summed E-state index contributed by atoms with van der Waals surface area (Å²) in [5.41, 5.74) is 0.819. The summed E-state index contributed by atoms with van der Waals surface area (Å²) in [4.78, 5) is 22.5. The molecule has 0 radical (unpaired) electrons. The maximum absolute atomic E-state index is 13.2. The van der Waals surface area contributed by atoms with Crippen molar-refractivity contribution >= 4 is 28.9 Å². The Bertz CT molecular complexity index is 512. The van der Waals surface area contributed by atoms with E-state index in [-0.39, 0.29) is 11.7 Å². The molecule has 0 N–H and O–H groups in total. The Morgan fingerprint density at radius 1 is 1.40 bits per heavy atom. The van der Waals surface area contributed by atoms with E-state index in [0.29, 0.717) is 23.3 Å². The topological polar surface area (TPSA) is 43.4 Å². The molecular weight excluding hydrogens is 279 g/mol. The average Bonchev–Trinajstić information content (AvgIpc) is 2.38. The van der Waals surface area contributed by atoms with Gasteiger partial charge in [-0.05, 0) is 37.1 Å². The van der Waals surface area contributed by atoms with E-state index >= 15 is 0 Å². The Labute approximate surface area is 122 Å². The molecule has 0 bridgehead atoms. The van der Waals surface area contributed by atoms with Crippen molar-refractivity contribution in [2.75, 3.05) is 12.4 Å². The van der Waals surface area contributed by atoms with Crippen LogP contribution in [0.4, 0.5) is 4.39 Å².